The highest BCUT2D eigenvalue weighted by Gasteiger charge is 2.27. The Labute approximate surface area is 279 Å². The molecule has 0 N–H and O–H groups in total. The number of thiophene rings is 1. The summed E-state index contributed by atoms with van der Waals surface area (Å²) >= 11 is 1.85. The van der Waals surface area contributed by atoms with Crippen LogP contribution in [0.25, 0.3) is 99.1 Å². The number of hydrogen-bond donors (Lipinski definition) is 0. The van der Waals surface area contributed by atoms with E-state index in [0.717, 1.165) is 50.2 Å². The Morgan fingerprint density at radius 2 is 1.35 bits per heavy atom. The summed E-state index contributed by atoms with van der Waals surface area (Å²) in [6, 6.07) is 44.5. The summed E-state index contributed by atoms with van der Waals surface area (Å²) in [6.07, 6.45) is 1.96. The molecule has 6 aromatic carbocycles. The zero-order valence-corrected chi connectivity index (χ0v) is 26.9. The molecule has 4 nitrogen and oxygen atoms in total. The fourth-order valence-electron chi connectivity index (χ4n) is 7.52. The minimum atomic E-state index is 0.533. The molecule has 0 atom stereocenters. The minimum absolute atomic E-state index is 0.533. The Kier molecular flexibility index (Phi) is 5.78. The van der Waals surface area contributed by atoms with Crippen LogP contribution in [-0.4, -0.2) is 14.5 Å². The van der Waals surface area contributed by atoms with Crippen molar-refractivity contribution in [3.8, 4) is 28.2 Å². The topological polar surface area (TPSA) is 43.9 Å². The number of hydrogen-bond acceptors (Lipinski definition) is 4. The number of furan rings is 1. The molecular formula is C43H27N3OS. The van der Waals surface area contributed by atoms with Gasteiger partial charge >= 0.3 is 0 Å². The van der Waals surface area contributed by atoms with Crippen molar-refractivity contribution in [2.24, 2.45) is 0 Å². The molecule has 0 unspecified atom stereocenters. The van der Waals surface area contributed by atoms with E-state index in [4.69, 9.17) is 14.4 Å². The van der Waals surface area contributed by atoms with E-state index in [-0.39, 0.29) is 0 Å². The van der Waals surface area contributed by atoms with Crippen molar-refractivity contribution in [3.63, 3.8) is 0 Å². The Morgan fingerprint density at radius 3 is 2.17 bits per heavy atom. The van der Waals surface area contributed by atoms with Crippen LogP contribution >= 0.6 is 11.3 Å². The van der Waals surface area contributed by atoms with Crippen LogP contribution in [-0.2, 0) is 0 Å². The lowest BCUT2D eigenvalue weighted by atomic mass is 9.93. The molecule has 0 aliphatic rings. The fraction of sp³-hybridized carbons (Fsp3) is 0.0233. The van der Waals surface area contributed by atoms with Gasteiger partial charge in [0.1, 0.15) is 16.8 Å². The zero-order valence-electron chi connectivity index (χ0n) is 26.1. The summed E-state index contributed by atoms with van der Waals surface area (Å²) in [5, 5.41) is 7.07. The average molecular weight is 634 g/mol. The third kappa shape index (κ3) is 3.70. The van der Waals surface area contributed by atoms with E-state index in [1.165, 1.54) is 47.6 Å². The molecular weight excluding hydrogens is 607 g/mol. The maximum absolute atomic E-state index is 6.29. The maximum atomic E-state index is 6.29. The molecule has 0 aliphatic heterocycles. The van der Waals surface area contributed by atoms with Crippen molar-refractivity contribution in [3.05, 3.63) is 144 Å². The van der Waals surface area contributed by atoms with Crippen molar-refractivity contribution in [1.82, 2.24) is 14.5 Å². The van der Waals surface area contributed by atoms with E-state index >= 15 is 0 Å². The smallest absolute Gasteiger partial charge is 0.247 e. The van der Waals surface area contributed by atoms with Gasteiger partial charge in [0, 0.05) is 37.5 Å². The van der Waals surface area contributed by atoms with Gasteiger partial charge in [-0.05, 0) is 47.0 Å². The van der Waals surface area contributed by atoms with E-state index in [0.29, 0.717) is 5.71 Å². The lowest BCUT2D eigenvalue weighted by Crippen LogP contribution is -2.03. The standard InChI is InChI=1S/C43H27N3OS/c1-3-26-15-7-8-18-28(26)35-25(2)48-41-37(35)30-20-10-9-19-29(30)36-31-21-11-13-23-33(31)46(40(36)41)42-38(27-16-5-4-6-17-27)45-43-39(44-42)32-22-12-14-24-34(32)47-43/h3-24H,1H2,2H3. The van der Waals surface area contributed by atoms with Gasteiger partial charge < -0.3 is 4.42 Å². The summed E-state index contributed by atoms with van der Waals surface area (Å²) in [5.41, 5.74) is 9.62. The van der Waals surface area contributed by atoms with Crippen molar-refractivity contribution >= 4 is 82.3 Å². The zero-order chi connectivity index (χ0) is 31.9. The van der Waals surface area contributed by atoms with Gasteiger partial charge in [0.15, 0.2) is 5.82 Å². The molecule has 0 spiro atoms. The number of fused-ring (bicyclic) bond motifs is 11. The lowest BCUT2D eigenvalue weighted by molar-refractivity contribution is 0.653. The molecule has 48 heavy (non-hydrogen) atoms. The van der Waals surface area contributed by atoms with Gasteiger partial charge in [-0.2, -0.15) is 0 Å². The molecule has 4 heterocycles. The normalized spacial score (nSPS) is 11.9. The van der Waals surface area contributed by atoms with Gasteiger partial charge in [0.2, 0.25) is 5.71 Å². The molecule has 4 aromatic heterocycles. The Morgan fingerprint density at radius 1 is 0.688 bits per heavy atom. The number of rotatable bonds is 4. The summed E-state index contributed by atoms with van der Waals surface area (Å²) in [6.45, 7) is 6.41. The van der Waals surface area contributed by atoms with Gasteiger partial charge in [-0.1, -0.05) is 122 Å². The maximum Gasteiger partial charge on any atom is 0.247 e. The summed E-state index contributed by atoms with van der Waals surface area (Å²) < 4.78 is 9.87. The van der Waals surface area contributed by atoms with Crippen LogP contribution in [0.5, 0.6) is 0 Å². The molecule has 0 aliphatic carbocycles. The van der Waals surface area contributed by atoms with E-state index < -0.39 is 0 Å². The largest absolute Gasteiger partial charge is 0.436 e. The van der Waals surface area contributed by atoms with Gasteiger partial charge in [-0.25, -0.2) is 9.97 Å². The monoisotopic (exact) mass is 633 g/mol. The summed E-state index contributed by atoms with van der Waals surface area (Å²) in [4.78, 5) is 12.0. The van der Waals surface area contributed by atoms with Crippen LogP contribution in [0.1, 0.15) is 10.4 Å². The predicted molar refractivity (Wildman–Crippen MR) is 202 cm³/mol. The van der Waals surface area contributed by atoms with E-state index in [2.05, 4.69) is 109 Å². The molecule has 10 rings (SSSR count). The number of aromatic nitrogens is 3. The molecule has 0 amide bonds. The van der Waals surface area contributed by atoms with Crippen LogP contribution in [0.2, 0.25) is 0 Å². The van der Waals surface area contributed by atoms with Crippen LogP contribution < -0.4 is 0 Å². The molecule has 10 aromatic rings. The summed E-state index contributed by atoms with van der Waals surface area (Å²) in [7, 11) is 0. The number of nitrogens with zero attached hydrogens (tertiary/aromatic N) is 3. The molecule has 0 saturated heterocycles. The third-order valence-corrected chi connectivity index (χ3v) is 10.7. The first-order chi connectivity index (χ1) is 23.7. The van der Waals surface area contributed by atoms with E-state index in [1.807, 2.05) is 53.8 Å². The second-order valence-electron chi connectivity index (χ2n) is 12.2. The van der Waals surface area contributed by atoms with Crippen LogP contribution in [0, 0.1) is 6.92 Å². The first kappa shape index (κ1) is 27.1. The van der Waals surface area contributed by atoms with Gasteiger partial charge in [-0.15, -0.1) is 11.3 Å². The van der Waals surface area contributed by atoms with Gasteiger partial charge in [-0.3, -0.25) is 4.57 Å². The molecule has 0 fully saturated rings. The Balaban J connectivity index is 1.46. The second-order valence-corrected chi connectivity index (χ2v) is 13.4. The van der Waals surface area contributed by atoms with Crippen molar-refractivity contribution in [1.29, 1.82) is 0 Å². The van der Waals surface area contributed by atoms with Crippen LogP contribution in [0.15, 0.2) is 138 Å². The van der Waals surface area contributed by atoms with E-state index in [9.17, 15) is 0 Å². The van der Waals surface area contributed by atoms with Crippen molar-refractivity contribution in [2.75, 3.05) is 0 Å². The molecule has 0 bridgehead atoms. The molecule has 0 radical (unpaired) electrons. The van der Waals surface area contributed by atoms with Crippen molar-refractivity contribution < 1.29 is 4.42 Å². The molecule has 0 saturated carbocycles. The average Bonchev–Trinajstić information content (AvgIpc) is 3.80. The minimum Gasteiger partial charge on any atom is -0.436 e. The third-order valence-electron chi connectivity index (χ3n) is 9.54. The SMILES string of the molecule is C=Cc1ccccc1-c1c(C)sc2c1c1ccccc1c1c3ccccc3n(-c3nc4c(nc3-c3ccccc3)oc3ccccc34)c21. The quantitative estimate of drug-likeness (QED) is 0.194. The predicted octanol–water partition coefficient (Wildman–Crippen LogP) is 12.1. The van der Waals surface area contributed by atoms with Crippen LogP contribution in [0.4, 0.5) is 0 Å². The Bertz CT molecular complexity index is 2930. The lowest BCUT2D eigenvalue weighted by Gasteiger charge is -2.14. The van der Waals surface area contributed by atoms with Gasteiger partial charge in [0.25, 0.3) is 0 Å². The summed E-state index contributed by atoms with van der Waals surface area (Å²) in [5.74, 6) is 0.780. The van der Waals surface area contributed by atoms with Crippen LogP contribution in [0.3, 0.4) is 0 Å². The first-order valence-electron chi connectivity index (χ1n) is 16.0. The highest BCUT2D eigenvalue weighted by atomic mass is 32.1. The number of para-hydroxylation sites is 2. The highest BCUT2D eigenvalue weighted by molar-refractivity contribution is 7.21. The second kappa shape index (κ2) is 10.2. The fourth-order valence-corrected chi connectivity index (χ4v) is 8.75. The highest BCUT2D eigenvalue weighted by Crippen LogP contribution is 2.50. The molecule has 5 heteroatoms. The molecule has 226 valence electrons. The number of aryl methyl sites for hydroxylation is 1. The number of benzene rings is 6. The first-order valence-corrected chi connectivity index (χ1v) is 16.9. The Hall–Kier alpha value is -6.04. The van der Waals surface area contributed by atoms with Gasteiger partial charge in [0.05, 0.1) is 15.7 Å². The van der Waals surface area contributed by atoms with E-state index in [1.54, 1.807) is 0 Å². The van der Waals surface area contributed by atoms with Crippen molar-refractivity contribution in [2.45, 2.75) is 6.92 Å².